The number of sulfone groups is 1. The predicted molar refractivity (Wildman–Crippen MR) is 101 cm³/mol. The van der Waals surface area contributed by atoms with E-state index in [-0.39, 0.29) is 0 Å². The highest BCUT2D eigenvalue weighted by atomic mass is 32.2. The number of rotatable bonds is 7. The van der Waals surface area contributed by atoms with Gasteiger partial charge in [-0.05, 0) is 42.0 Å². The lowest BCUT2D eigenvalue weighted by molar-refractivity contribution is 0.0954. The number of nitrogens with one attached hydrogen (secondary N) is 2. The van der Waals surface area contributed by atoms with Crippen molar-refractivity contribution in [3.63, 3.8) is 0 Å². The molecule has 0 saturated carbocycles. The molecule has 0 radical (unpaired) electrons. The van der Waals surface area contributed by atoms with Gasteiger partial charge in [-0.15, -0.1) is 0 Å². The number of carbonyl (C=O) groups excluding carboxylic acids is 1. The van der Waals surface area contributed by atoms with E-state index in [1.807, 2.05) is 30.3 Å². The Hall–Kier alpha value is -3.20. The van der Waals surface area contributed by atoms with E-state index in [0.29, 0.717) is 17.9 Å². The van der Waals surface area contributed by atoms with Crippen molar-refractivity contribution in [3.05, 3.63) is 84.2 Å². The van der Waals surface area contributed by atoms with Gasteiger partial charge in [-0.25, -0.2) is 8.42 Å². The summed E-state index contributed by atoms with van der Waals surface area (Å²) in [5, 5.41) is 0. The summed E-state index contributed by atoms with van der Waals surface area (Å²) in [6.07, 6.45) is 1.78. The number of amides is 1. The molecule has 1 aromatic heterocycles. The SMILES string of the molecule is O=C(NNc1ccc(S(=O)(=O)C(F)F)cc1)c1cccn1Cc1ccccc1. The Labute approximate surface area is 160 Å². The van der Waals surface area contributed by atoms with Crippen molar-refractivity contribution in [2.24, 2.45) is 0 Å². The molecule has 9 heteroatoms. The third-order valence-corrected chi connectivity index (χ3v) is 5.39. The number of halogens is 2. The first-order chi connectivity index (χ1) is 13.4. The zero-order valence-electron chi connectivity index (χ0n) is 14.5. The number of nitrogens with zero attached hydrogens (tertiary/aromatic N) is 1. The Kier molecular flexibility index (Phi) is 5.74. The zero-order chi connectivity index (χ0) is 20.1. The number of anilines is 1. The van der Waals surface area contributed by atoms with Gasteiger partial charge in [0.05, 0.1) is 10.6 Å². The average Bonchev–Trinajstić information content (AvgIpc) is 3.15. The van der Waals surface area contributed by atoms with E-state index < -0.39 is 26.4 Å². The van der Waals surface area contributed by atoms with E-state index in [9.17, 15) is 22.0 Å². The summed E-state index contributed by atoms with van der Waals surface area (Å²) in [5.74, 6) is -3.88. The summed E-state index contributed by atoms with van der Waals surface area (Å²) in [4.78, 5) is 11.9. The molecule has 28 heavy (non-hydrogen) atoms. The predicted octanol–water partition coefficient (Wildman–Crippen LogP) is 3.29. The lowest BCUT2D eigenvalue weighted by Gasteiger charge is -2.12. The first kappa shape index (κ1) is 19.6. The van der Waals surface area contributed by atoms with E-state index in [1.165, 1.54) is 12.1 Å². The average molecular weight is 405 g/mol. The number of hydrogen-bond acceptors (Lipinski definition) is 4. The Balaban J connectivity index is 1.64. The van der Waals surface area contributed by atoms with Crippen LogP contribution in [0.5, 0.6) is 0 Å². The van der Waals surface area contributed by atoms with Crippen LogP contribution in [0.15, 0.2) is 77.8 Å². The standard InChI is InChI=1S/C19H17F2N3O3S/c20-19(21)28(26,27)16-10-8-15(9-11-16)22-23-18(25)17-7-4-12-24(17)13-14-5-2-1-3-6-14/h1-12,19,22H,13H2,(H,23,25). The largest absolute Gasteiger partial charge is 0.341 e. The second-order valence-corrected chi connectivity index (χ2v) is 7.83. The van der Waals surface area contributed by atoms with Gasteiger partial charge in [-0.1, -0.05) is 30.3 Å². The number of hydrazine groups is 1. The van der Waals surface area contributed by atoms with Gasteiger partial charge in [-0.2, -0.15) is 8.78 Å². The van der Waals surface area contributed by atoms with Gasteiger partial charge in [0.1, 0.15) is 5.69 Å². The van der Waals surface area contributed by atoms with E-state index >= 15 is 0 Å². The molecule has 2 aromatic carbocycles. The van der Waals surface area contributed by atoms with Crippen molar-refractivity contribution in [3.8, 4) is 0 Å². The van der Waals surface area contributed by atoms with Gasteiger partial charge in [0.2, 0.25) is 9.84 Å². The lowest BCUT2D eigenvalue weighted by Crippen LogP contribution is -2.31. The molecule has 1 amide bonds. The minimum Gasteiger partial charge on any atom is -0.339 e. The van der Waals surface area contributed by atoms with Gasteiger partial charge < -0.3 is 4.57 Å². The third kappa shape index (κ3) is 4.37. The lowest BCUT2D eigenvalue weighted by atomic mass is 10.2. The molecular weight excluding hydrogens is 388 g/mol. The molecule has 0 unspecified atom stereocenters. The van der Waals surface area contributed by atoms with E-state index in [1.54, 1.807) is 22.9 Å². The Morgan fingerprint density at radius 3 is 2.29 bits per heavy atom. The van der Waals surface area contributed by atoms with Gasteiger partial charge in [0, 0.05) is 12.7 Å². The molecule has 0 fully saturated rings. The topological polar surface area (TPSA) is 80.2 Å². The van der Waals surface area contributed by atoms with Crippen LogP contribution in [0.1, 0.15) is 16.1 Å². The van der Waals surface area contributed by atoms with Gasteiger partial charge in [-0.3, -0.25) is 15.6 Å². The fourth-order valence-electron chi connectivity index (χ4n) is 2.56. The van der Waals surface area contributed by atoms with Crippen LogP contribution < -0.4 is 10.9 Å². The maximum absolute atomic E-state index is 12.5. The molecule has 0 spiro atoms. The summed E-state index contributed by atoms with van der Waals surface area (Å²) in [6.45, 7) is 0.525. The highest BCUT2D eigenvalue weighted by molar-refractivity contribution is 7.91. The molecule has 146 valence electrons. The molecule has 6 nitrogen and oxygen atoms in total. The Morgan fingerprint density at radius 2 is 1.64 bits per heavy atom. The number of benzene rings is 2. The summed E-state index contributed by atoms with van der Waals surface area (Å²) < 4.78 is 49.7. The number of hydrogen-bond donors (Lipinski definition) is 2. The molecule has 0 aliphatic heterocycles. The fraction of sp³-hybridized carbons (Fsp3) is 0.105. The molecule has 3 rings (SSSR count). The van der Waals surface area contributed by atoms with Crippen molar-refractivity contribution in [1.29, 1.82) is 0 Å². The molecule has 0 bridgehead atoms. The second kappa shape index (κ2) is 8.22. The normalized spacial score (nSPS) is 11.4. The highest BCUT2D eigenvalue weighted by Gasteiger charge is 2.26. The van der Waals surface area contributed by atoms with Crippen LogP contribution in [0, 0.1) is 0 Å². The first-order valence-electron chi connectivity index (χ1n) is 8.25. The third-order valence-electron chi connectivity index (χ3n) is 4.00. The highest BCUT2D eigenvalue weighted by Crippen LogP contribution is 2.20. The maximum Gasteiger partial charge on any atom is 0.341 e. The van der Waals surface area contributed by atoms with Crippen LogP contribution >= 0.6 is 0 Å². The molecule has 0 aliphatic rings. The first-order valence-corrected chi connectivity index (χ1v) is 9.80. The molecule has 1 heterocycles. The van der Waals surface area contributed by atoms with E-state index in [4.69, 9.17) is 0 Å². The number of carbonyl (C=O) groups is 1. The van der Waals surface area contributed by atoms with Crippen LogP contribution in [-0.4, -0.2) is 24.6 Å². The van der Waals surface area contributed by atoms with Crippen molar-refractivity contribution < 1.29 is 22.0 Å². The second-order valence-electron chi connectivity index (χ2n) is 5.92. The quantitative estimate of drug-likeness (QED) is 0.591. The molecule has 0 atom stereocenters. The Morgan fingerprint density at radius 1 is 0.964 bits per heavy atom. The van der Waals surface area contributed by atoms with Gasteiger partial charge in [0.15, 0.2) is 0 Å². The van der Waals surface area contributed by atoms with E-state index in [2.05, 4.69) is 10.9 Å². The van der Waals surface area contributed by atoms with Crippen molar-refractivity contribution >= 4 is 21.4 Å². The molecule has 2 N–H and O–H groups in total. The van der Waals surface area contributed by atoms with E-state index in [0.717, 1.165) is 17.7 Å². The van der Waals surface area contributed by atoms with Crippen LogP contribution in [0.3, 0.4) is 0 Å². The molecule has 0 aliphatic carbocycles. The van der Waals surface area contributed by atoms with Crippen LogP contribution in [0.2, 0.25) is 0 Å². The van der Waals surface area contributed by atoms with Crippen molar-refractivity contribution in [1.82, 2.24) is 9.99 Å². The number of aromatic nitrogens is 1. The summed E-state index contributed by atoms with van der Waals surface area (Å²) in [6, 6.07) is 17.7. The van der Waals surface area contributed by atoms with Crippen LogP contribution in [0.4, 0.5) is 14.5 Å². The fourth-order valence-corrected chi connectivity index (χ4v) is 3.28. The maximum atomic E-state index is 12.5. The summed E-state index contributed by atoms with van der Waals surface area (Å²) >= 11 is 0. The molecule has 0 saturated heterocycles. The molecule has 3 aromatic rings. The molecular formula is C19H17F2N3O3S. The zero-order valence-corrected chi connectivity index (χ0v) is 15.4. The van der Waals surface area contributed by atoms with Gasteiger partial charge >= 0.3 is 5.76 Å². The summed E-state index contributed by atoms with van der Waals surface area (Å²) in [5.41, 5.74) is 6.95. The van der Waals surface area contributed by atoms with Crippen LogP contribution in [0.25, 0.3) is 0 Å². The smallest absolute Gasteiger partial charge is 0.339 e. The van der Waals surface area contributed by atoms with Crippen LogP contribution in [-0.2, 0) is 16.4 Å². The summed E-state index contributed by atoms with van der Waals surface area (Å²) in [7, 11) is -4.65. The van der Waals surface area contributed by atoms with Crippen molar-refractivity contribution in [2.45, 2.75) is 17.2 Å². The number of alkyl halides is 2. The minimum absolute atomic E-state index is 0.350. The Bertz CT molecular complexity index is 1050. The van der Waals surface area contributed by atoms with Gasteiger partial charge in [0.25, 0.3) is 5.91 Å². The monoisotopic (exact) mass is 405 g/mol. The van der Waals surface area contributed by atoms with Crippen molar-refractivity contribution in [2.75, 3.05) is 5.43 Å². The minimum atomic E-state index is -4.65.